The normalized spacial score (nSPS) is 17.0. The molecular formula is C23H21F3N2O4. The summed E-state index contributed by atoms with van der Waals surface area (Å²) < 4.78 is 43.4. The minimum Gasteiger partial charge on any atom is -0.478 e. The van der Waals surface area contributed by atoms with Crippen molar-refractivity contribution in [2.24, 2.45) is 11.0 Å². The van der Waals surface area contributed by atoms with Crippen LogP contribution < -0.4 is 5.01 Å². The molecule has 2 aromatic rings. The molecule has 1 N–H and O–H groups in total. The van der Waals surface area contributed by atoms with Crippen molar-refractivity contribution >= 4 is 29.4 Å². The van der Waals surface area contributed by atoms with Crippen molar-refractivity contribution < 1.29 is 32.6 Å². The van der Waals surface area contributed by atoms with Crippen LogP contribution in [0.1, 0.15) is 23.1 Å². The SMILES string of the molecule is COCC1=NN(c2ccc(C)cc2)C(=O)C1CC(=Cc1ccc(C(F)(F)F)cc1)C(=O)O. The first-order chi connectivity index (χ1) is 15.1. The molecule has 0 fully saturated rings. The number of alkyl halides is 3. The molecule has 168 valence electrons. The number of carboxylic acids is 1. The van der Waals surface area contributed by atoms with Crippen LogP contribution in [0.4, 0.5) is 18.9 Å². The Hall–Kier alpha value is -3.46. The number of hydrogen-bond donors (Lipinski definition) is 1. The van der Waals surface area contributed by atoms with E-state index in [0.717, 1.165) is 17.7 Å². The van der Waals surface area contributed by atoms with Crippen LogP contribution in [-0.4, -0.2) is 36.4 Å². The van der Waals surface area contributed by atoms with Gasteiger partial charge in [0, 0.05) is 12.7 Å². The van der Waals surface area contributed by atoms with E-state index in [1.54, 1.807) is 12.1 Å². The first kappa shape index (κ1) is 23.2. The molecule has 9 heteroatoms. The predicted molar refractivity (Wildman–Crippen MR) is 113 cm³/mol. The number of aryl methyl sites for hydroxylation is 1. The van der Waals surface area contributed by atoms with Gasteiger partial charge in [-0.1, -0.05) is 29.8 Å². The topological polar surface area (TPSA) is 79.2 Å². The van der Waals surface area contributed by atoms with E-state index in [-0.39, 0.29) is 24.2 Å². The van der Waals surface area contributed by atoms with E-state index in [4.69, 9.17) is 4.74 Å². The lowest BCUT2D eigenvalue weighted by Gasteiger charge is -2.15. The molecule has 1 heterocycles. The summed E-state index contributed by atoms with van der Waals surface area (Å²) in [7, 11) is 1.44. The van der Waals surface area contributed by atoms with Crippen LogP contribution in [0.5, 0.6) is 0 Å². The molecule has 0 radical (unpaired) electrons. The highest BCUT2D eigenvalue weighted by Crippen LogP contribution is 2.31. The maximum absolute atomic E-state index is 13.1. The molecule has 0 saturated carbocycles. The molecule has 2 aromatic carbocycles. The van der Waals surface area contributed by atoms with Gasteiger partial charge in [0.25, 0.3) is 5.91 Å². The maximum atomic E-state index is 13.1. The van der Waals surface area contributed by atoms with Crippen LogP contribution >= 0.6 is 0 Å². The van der Waals surface area contributed by atoms with Crippen molar-refractivity contribution in [2.75, 3.05) is 18.7 Å². The second-order valence-corrected chi connectivity index (χ2v) is 7.36. The van der Waals surface area contributed by atoms with Crippen LogP contribution in [0.3, 0.4) is 0 Å². The fourth-order valence-corrected chi connectivity index (χ4v) is 3.29. The summed E-state index contributed by atoms with van der Waals surface area (Å²) in [6.45, 7) is 1.94. The summed E-state index contributed by atoms with van der Waals surface area (Å²) in [4.78, 5) is 24.9. The largest absolute Gasteiger partial charge is 0.478 e. The number of aliphatic carboxylic acids is 1. The summed E-state index contributed by atoms with van der Waals surface area (Å²) in [5, 5.41) is 15.2. The van der Waals surface area contributed by atoms with Crippen LogP contribution in [0.15, 0.2) is 59.2 Å². The van der Waals surface area contributed by atoms with Crippen LogP contribution in [0, 0.1) is 12.8 Å². The van der Waals surface area contributed by atoms with Crippen molar-refractivity contribution in [1.29, 1.82) is 0 Å². The van der Waals surface area contributed by atoms with Crippen LogP contribution in [0.2, 0.25) is 0 Å². The summed E-state index contributed by atoms with van der Waals surface area (Å²) >= 11 is 0. The first-order valence-corrected chi connectivity index (χ1v) is 9.68. The Morgan fingerprint density at radius 3 is 2.31 bits per heavy atom. The molecule has 0 bridgehead atoms. The number of carboxylic acid groups (broad SMARTS) is 1. The second kappa shape index (κ2) is 9.35. The average Bonchev–Trinajstić information content (AvgIpc) is 3.03. The smallest absolute Gasteiger partial charge is 0.416 e. The summed E-state index contributed by atoms with van der Waals surface area (Å²) in [6, 6.07) is 11.3. The fourth-order valence-electron chi connectivity index (χ4n) is 3.29. The number of ether oxygens (including phenoxy) is 1. The molecule has 1 aliphatic rings. The van der Waals surface area contributed by atoms with Crippen molar-refractivity contribution in [3.05, 3.63) is 70.8 Å². The molecule has 1 amide bonds. The lowest BCUT2D eigenvalue weighted by atomic mass is 9.93. The predicted octanol–water partition coefficient (Wildman–Crippen LogP) is 4.54. The second-order valence-electron chi connectivity index (χ2n) is 7.36. The Morgan fingerprint density at radius 1 is 1.16 bits per heavy atom. The van der Waals surface area contributed by atoms with E-state index in [0.29, 0.717) is 11.4 Å². The van der Waals surface area contributed by atoms with Gasteiger partial charge >= 0.3 is 12.1 Å². The number of nitrogens with zero attached hydrogens (tertiary/aromatic N) is 2. The van der Waals surface area contributed by atoms with Gasteiger partial charge in [-0.2, -0.15) is 18.3 Å². The Labute approximate surface area is 182 Å². The van der Waals surface area contributed by atoms with E-state index in [9.17, 15) is 27.9 Å². The Kier molecular flexibility index (Phi) is 6.78. The van der Waals surface area contributed by atoms with E-state index in [1.807, 2.05) is 19.1 Å². The van der Waals surface area contributed by atoms with Crippen molar-refractivity contribution in [3.63, 3.8) is 0 Å². The third-order valence-electron chi connectivity index (χ3n) is 4.99. The van der Waals surface area contributed by atoms with Crippen molar-refractivity contribution in [1.82, 2.24) is 0 Å². The standard InChI is InChI=1S/C23H21F3N2O4/c1-14-3-9-18(10-4-14)28-21(29)19(20(27-28)13-32-2)12-16(22(30)31)11-15-5-7-17(8-6-15)23(24,25)26/h3-11,19H,12-13H2,1-2H3,(H,30,31). The van der Waals surface area contributed by atoms with Gasteiger partial charge in [0.15, 0.2) is 0 Å². The highest BCUT2D eigenvalue weighted by atomic mass is 19.4. The highest BCUT2D eigenvalue weighted by Gasteiger charge is 2.38. The number of hydrazone groups is 1. The number of hydrogen-bond acceptors (Lipinski definition) is 4. The molecule has 6 nitrogen and oxygen atoms in total. The zero-order valence-electron chi connectivity index (χ0n) is 17.4. The van der Waals surface area contributed by atoms with Gasteiger partial charge in [-0.25, -0.2) is 9.80 Å². The lowest BCUT2D eigenvalue weighted by molar-refractivity contribution is -0.137. The molecule has 3 rings (SSSR count). The summed E-state index contributed by atoms with van der Waals surface area (Å²) in [6.07, 6.45) is -3.41. The maximum Gasteiger partial charge on any atom is 0.416 e. The van der Waals surface area contributed by atoms with E-state index in [1.165, 1.54) is 30.3 Å². The third kappa shape index (κ3) is 5.23. The molecule has 1 atom stereocenters. The van der Waals surface area contributed by atoms with Gasteiger partial charge in [-0.3, -0.25) is 4.79 Å². The minimum absolute atomic E-state index is 0.0337. The van der Waals surface area contributed by atoms with Gasteiger partial charge < -0.3 is 9.84 Å². The molecule has 32 heavy (non-hydrogen) atoms. The van der Waals surface area contributed by atoms with Crippen LogP contribution in [0.25, 0.3) is 6.08 Å². The molecule has 0 aliphatic carbocycles. The molecule has 1 unspecified atom stereocenters. The van der Waals surface area contributed by atoms with Crippen LogP contribution in [-0.2, 0) is 20.5 Å². The number of halogens is 3. The first-order valence-electron chi connectivity index (χ1n) is 9.68. The Bertz CT molecular complexity index is 1060. The average molecular weight is 446 g/mol. The number of carbonyl (C=O) groups excluding carboxylic acids is 1. The molecule has 0 saturated heterocycles. The quantitative estimate of drug-likeness (QED) is 0.634. The Balaban J connectivity index is 1.88. The number of carbonyl (C=O) groups is 2. The van der Waals surface area contributed by atoms with E-state index >= 15 is 0 Å². The molecule has 1 aliphatic heterocycles. The van der Waals surface area contributed by atoms with Gasteiger partial charge in [0.1, 0.15) is 0 Å². The molecule has 0 spiro atoms. The number of rotatable bonds is 7. The fraction of sp³-hybridized carbons (Fsp3) is 0.261. The number of methoxy groups -OCH3 is 1. The van der Waals surface area contributed by atoms with Gasteiger partial charge in [-0.05, 0) is 49.2 Å². The minimum atomic E-state index is -4.49. The summed E-state index contributed by atoms with van der Waals surface area (Å²) in [5.41, 5.74) is 1.24. The van der Waals surface area contributed by atoms with E-state index < -0.39 is 29.5 Å². The third-order valence-corrected chi connectivity index (χ3v) is 4.99. The zero-order chi connectivity index (χ0) is 23.5. The highest BCUT2D eigenvalue weighted by molar-refractivity contribution is 6.16. The van der Waals surface area contributed by atoms with Crippen molar-refractivity contribution in [3.8, 4) is 0 Å². The lowest BCUT2D eigenvalue weighted by Crippen LogP contribution is -2.29. The number of amides is 1. The monoisotopic (exact) mass is 446 g/mol. The van der Waals surface area contributed by atoms with Gasteiger partial charge in [0.2, 0.25) is 0 Å². The Morgan fingerprint density at radius 2 is 1.78 bits per heavy atom. The van der Waals surface area contributed by atoms with Gasteiger partial charge in [-0.15, -0.1) is 0 Å². The molecular weight excluding hydrogens is 425 g/mol. The number of anilines is 1. The number of benzene rings is 2. The summed E-state index contributed by atoms with van der Waals surface area (Å²) in [5.74, 6) is -2.54. The molecule has 0 aromatic heterocycles. The van der Waals surface area contributed by atoms with Gasteiger partial charge in [0.05, 0.1) is 29.5 Å². The van der Waals surface area contributed by atoms with E-state index in [2.05, 4.69) is 5.10 Å². The zero-order valence-corrected chi connectivity index (χ0v) is 17.4. The van der Waals surface area contributed by atoms with Crippen molar-refractivity contribution in [2.45, 2.75) is 19.5 Å².